The SMILES string of the molecule is CN1CCC(c2ccccc2)c2ccc(C#N)cc2C1. The molecule has 2 heteroatoms. The van der Waals surface area contributed by atoms with Crippen molar-refractivity contribution < 1.29 is 0 Å². The van der Waals surface area contributed by atoms with Crippen molar-refractivity contribution in [2.24, 2.45) is 0 Å². The molecule has 20 heavy (non-hydrogen) atoms. The summed E-state index contributed by atoms with van der Waals surface area (Å²) in [4.78, 5) is 2.34. The van der Waals surface area contributed by atoms with Gasteiger partial charge >= 0.3 is 0 Å². The van der Waals surface area contributed by atoms with E-state index in [0.717, 1.165) is 25.1 Å². The smallest absolute Gasteiger partial charge is 0.0991 e. The fourth-order valence-corrected chi connectivity index (χ4v) is 3.06. The summed E-state index contributed by atoms with van der Waals surface area (Å²) in [6.07, 6.45) is 1.12. The lowest BCUT2D eigenvalue weighted by atomic mass is 9.86. The maximum absolute atomic E-state index is 9.09. The third-order valence-electron chi connectivity index (χ3n) is 4.09. The van der Waals surface area contributed by atoms with Crippen LogP contribution in [0.4, 0.5) is 0 Å². The lowest BCUT2D eigenvalue weighted by molar-refractivity contribution is 0.328. The average molecular weight is 262 g/mol. The Bertz CT molecular complexity index is 640. The van der Waals surface area contributed by atoms with E-state index < -0.39 is 0 Å². The second kappa shape index (κ2) is 5.48. The van der Waals surface area contributed by atoms with Gasteiger partial charge in [0.05, 0.1) is 11.6 Å². The molecule has 0 N–H and O–H groups in total. The monoisotopic (exact) mass is 262 g/mol. The van der Waals surface area contributed by atoms with Gasteiger partial charge in [-0.3, -0.25) is 0 Å². The van der Waals surface area contributed by atoms with Gasteiger partial charge in [-0.05, 0) is 48.8 Å². The molecule has 2 aromatic carbocycles. The Balaban J connectivity index is 2.08. The summed E-state index contributed by atoms with van der Waals surface area (Å²) in [7, 11) is 2.15. The number of nitrogens with zero attached hydrogens (tertiary/aromatic N) is 2. The van der Waals surface area contributed by atoms with Gasteiger partial charge in [-0.2, -0.15) is 5.26 Å². The molecular weight excluding hydrogens is 244 g/mol. The largest absolute Gasteiger partial charge is 0.302 e. The highest BCUT2D eigenvalue weighted by molar-refractivity contribution is 5.44. The molecule has 100 valence electrons. The molecule has 0 fully saturated rings. The van der Waals surface area contributed by atoms with E-state index in [9.17, 15) is 0 Å². The van der Waals surface area contributed by atoms with Gasteiger partial charge in [0.1, 0.15) is 0 Å². The van der Waals surface area contributed by atoms with Crippen LogP contribution in [0.3, 0.4) is 0 Å². The van der Waals surface area contributed by atoms with Gasteiger partial charge in [0.15, 0.2) is 0 Å². The normalized spacial score (nSPS) is 18.9. The minimum atomic E-state index is 0.434. The molecule has 1 aliphatic heterocycles. The minimum Gasteiger partial charge on any atom is -0.302 e. The van der Waals surface area contributed by atoms with Crippen LogP contribution < -0.4 is 0 Å². The van der Waals surface area contributed by atoms with Crippen LogP contribution in [0, 0.1) is 11.3 Å². The van der Waals surface area contributed by atoms with Crippen molar-refractivity contribution in [3.8, 4) is 6.07 Å². The van der Waals surface area contributed by atoms with Gasteiger partial charge in [0, 0.05) is 12.5 Å². The molecule has 0 aromatic heterocycles. The summed E-state index contributed by atoms with van der Waals surface area (Å²) in [6.45, 7) is 2.00. The second-order valence-electron chi connectivity index (χ2n) is 5.52. The van der Waals surface area contributed by atoms with Gasteiger partial charge in [-0.15, -0.1) is 0 Å². The number of fused-ring (bicyclic) bond motifs is 1. The van der Waals surface area contributed by atoms with Crippen molar-refractivity contribution in [3.05, 3.63) is 70.8 Å². The summed E-state index contributed by atoms with van der Waals surface area (Å²) in [5, 5.41) is 9.09. The summed E-state index contributed by atoms with van der Waals surface area (Å²) in [5.41, 5.74) is 4.79. The Hall–Kier alpha value is -2.11. The molecule has 2 aromatic rings. The van der Waals surface area contributed by atoms with Crippen LogP contribution in [0.15, 0.2) is 48.5 Å². The number of hydrogen-bond donors (Lipinski definition) is 0. The molecular formula is C18H18N2. The lowest BCUT2D eigenvalue weighted by Gasteiger charge is -2.18. The van der Waals surface area contributed by atoms with Crippen LogP contribution in [-0.4, -0.2) is 18.5 Å². The zero-order chi connectivity index (χ0) is 13.9. The molecule has 0 amide bonds. The first-order valence-corrected chi connectivity index (χ1v) is 7.04. The zero-order valence-corrected chi connectivity index (χ0v) is 11.7. The fourth-order valence-electron chi connectivity index (χ4n) is 3.06. The maximum Gasteiger partial charge on any atom is 0.0991 e. The van der Waals surface area contributed by atoms with Crippen molar-refractivity contribution >= 4 is 0 Å². The number of hydrogen-bond acceptors (Lipinski definition) is 2. The molecule has 0 bridgehead atoms. The van der Waals surface area contributed by atoms with E-state index in [1.54, 1.807) is 0 Å². The standard InChI is InChI=1S/C18H18N2/c1-20-10-9-18(15-5-3-2-4-6-15)17-8-7-14(12-19)11-16(17)13-20/h2-8,11,18H,9-10,13H2,1H3. The first-order valence-electron chi connectivity index (χ1n) is 7.04. The van der Waals surface area contributed by atoms with E-state index in [4.69, 9.17) is 5.26 Å². The first kappa shape index (κ1) is 12.9. The van der Waals surface area contributed by atoms with E-state index >= 15 is 0 Å². The summed E-state index contributed by atoms with van der Waals surface area (Å²) >= 11 is 0. The van der Waals surface area contributed by atoms with Crippen LogP contribution in [-0.2, 0) is 6.54 Å². The first-order chi connectivity index (χ1) is 9.78. The number of benzene rings is 2. The highest BCUT2D eigenvalue weighted by Gasteiger charge is 2.22. The van der Waals surface area contributed by atoms with E-state index in [1.807, 2.05) is 12.1 Å². The van der Waals surface area contributed by atoms with Crippen molar-refractivity contribution in [2.75, 3.05) is 13.6 Å². The zero-order valence-electron chi connectivity index (χ0n) is 11.7. The Morgan fingerprint density at radius 3 is 2.70 bits per heavy atom. The van der Waals surface area contributed by atoms with Crippen LogP contribution >= 0.6 is 0 Å². The van der Waals surface area contributed by atoms with Gasteiger partial charge in [0.25, 0.3) is 0 Å². The van der Waals surface area contributed by atoms with Crippen LogP contribution in [0.5, 0.6) is 0 Å². The van der Waals surface area contributed by atoms with Gasteiger partial charge in [-0.1, -0.05) is 36.4 Å². The molecule has 0 saturated heterocycles. The minimum absolute atomic E-state index is 0.434. The van der Waals surface area contributed by atoms with E-state index in [0.29, 0.717) is 5.92 Å². The van der Waals surface area contributed by atoms with Gasteiger partial charge < -0.3 is 4.90 Å². The Kier molecular flexibility index (Phi) is 3.54. The summed E-state index contributed by atoms with van der Waals surface area (Å²) in [6, 6.07) is 19.1. The third-order valence-corrected chi connectivity index (χ3v) is 4.09. The molecule has 1 aliphatic rings. The molecule has 0 aliphatic carbocycles. The van der Waals surface area contributed by atoms with Gasteiger partial charge in [-0.25, -0.2) is 0 Å². The number of nitriles is 1. The predicted molar refractivity (Wildman–Crippen MR) is 80.4 cm³/mol. The second-order valence-corrected chi connectivity index (χ2v) is 5.52. The number of rotatable bonds is 1. The fraction of sp³-hybridized carbons (Fsp3) is 0.278. The molecule has 0 spiro atoms. The molecule has 1 heterocycles. The maximum atomic E-state index is 9.09. The van der Waals surface area contributed by atoms with Crippen molar-refractivity contribution in [3.63, 3.8) is 0 Å². The predicted octanol–water partition coefficient (Wildman–Crippen LogP) is 3.53. The molecule has 2 nitrogen and oxygen atoms in total. The average Bonchev–Trinajstić information content (AvgIpc) is 2.65. The lowest BCUT2D eigenvalue weighted by Crippen LogP contribution is -2.17. The van der Waals surface area contributed by atoms with Crippen LogP contribution in [0.1, 0.15) is 34.6 Å². The van der Waals surface area contributed by atoms with Crippen molar-refractivity contribution in [1.29, 1.82) is 5.26 Å². The highest BCUT2D eigenvalue weighted by atomic mass is 15.1. The Labute approximate surface area is 120 Å². The summed E-state index contributed by atoms with van der Waals surface area (Å²) < 4.78 is 0. The Morgan fingerprint density at radius 1 is 1.15 bits per heavy atom. The topological polar surface area (TPSA) is 27.0 Å². The van der Waals surface area contributed by atoms with Crippen LogP contribution in [0.25, 0.3) is 0 Å². The quantitative estimate of drug-likeness (QED) is 0.786. The van der Waals surface area contributed by atoms with Gasteiger partial charge in [0.2, 0.25) is 0 Å². The van der Waals surface area contributed by atoms with Crippen molar-refractivity contribution in [1.82, 2.24) is 4.90 Å². The van der Waals surface area contributed by atoms with Crippen molar-refractivity contribution in [2.45, 2.75) is 18.9 Å². The van der Waals surface area contributed by atoms with E-state index in [-0.39, 0.29) is 0 Å². The molecule has 0 saturated carbocycles. The summed E-state index contributed by atoms with van der Waals surface area (Å²) in [5.74, 6) is 0.434. The Morgan fingerprint density at radius 2 is 1.95 bits per heavy atom. The molecule has 1 unspecified atom stereocenters. The van der Waals surface area contributed by atoms with E-state index in [1.165, 1.54) is 16.7 Å². The highest BCUT2D eigenvalue weighted by Crippen LogP contribution is 2.33. The van der Waals surface area contributed by atoms with E-state index in [2.05, 4.69) is 54.4 Å². The molecule has 0 radical (unpaired) electrons. The molecule has 3 rings (SSSR count). The molecule has 1 atom stereocenters. The van der Waals surface area contributed by atoms with Crippen LogP contribution in [0.2, 0.25) is 0 Å². The third kappa shape index (κ3) is 2.45.